The van der Waals surface area contributed by atoms with Crippen LogP contribution in [0.5, 0.6) is 0 Å². The van der Waals surface area contributed by atoms with Gasteiger partial charge in [-0.15, -0.1) is 11.3 Å². The lowest BCUT2D eigenvalue weighted by Crippen LogP contribution is -2.13. The van der Waals surface area contributed by atoms with Crippen LogP contribution in [0.25, 0.3) is 0 Å². The van der Waals surface area contributed by atoms with Crippen molar-refractivity contribution in [3.8, 4) is 0 Å². The van der Waals surface area contributed by atoms with E-state index in [9.17, 15) is 4.39 Å². The topological polar surface area (TPSA) is 26.0 Å². The van der Waals surface area contributed by atoms with Crippen LogP contribution in [0.2, 0.25) is 13.7 Å². The second-order valence-electron chi connectivity index (χ2n) is 3.80. The molecule has 18 heavy (non-hydrogen) atoms. The van der Waals surface area contributed by atoms with Gasteiger partial charge in [-0.05, 0) is 24.1 Å². The molecule has 1 aromatic carbocycles. The predicted molar refractivity (Wildman–Crippen MR) is 76.4 cm³/mol. The summed E-state index contributed by atoms with van der Waals surface area (Å²) in [5.41, 5.74) is 7.45. The van der Waals surface area contributed by atoms with Crippen LogP contribution in [0.1, 0.15) is 17.2 Å². The Morgan fingerprint density at radius 2 is 2.00 bits per heavy atom. The number of thiophene rings is 1. The summed E-state index contributed by atoms with van der Waals surface area (Å²) in [4.78, 5) is 0. The highest BCUT2D eigenvalue weighted by Crippen LogP contribution is 2.36. The Hall–Kier alpha value is -0.320. The molecule has 1 unspecified atom stereocenters. The molecule has 0 saturated heterocycles. The van der Waals surface area contributed by atoms with Crippen molar-refractivity contribution in [2.45, 2.75) is 12.5 Å². The maximum Gasteiger partial charge on any atom is 0.142 e. The van der Waals surface area contributed by atoms with Gasteiger partial charge in [-0.1, -0.05) is 46.9 Å². The average molecular weight is 325 g/mol. The van der Waals surface area contributed by atoms with Crippen molar-refractivity contribution in [2.24, 2.45) is 5.73 Å². The van der Waals surface area contributed by atoms with E-state index >= 15 is 0 Å². The number of halogens is 4. The lowest BCUT2D eigenvalue weighted by molar-refractivity contribution is 0.622. The molecule has 2 N–H and O–H groups in total. The van der Waals surface area contributed by atoms with Crippen LogP contribution in [-0.2, 0) is 6.42 Å². The fourth-order valence-corrected chi connectivity index (χ4v) is 3.46. The maximum atomic E-state index is 13.3. The zero-order chi connectivity index (χ0) is 13.3. The van der Waals surface area contributed by atoms with Crippen molar-refractivity contribution in [1.29, 1.82) is 0 Å². The SMILES string of the molecule is NC(Cc1cccc(F)c1Cl)c1cc(Cl)sc1Cl. The minimum Gasteiger partial charge on any atom is -0.324 e. The fourth-order valence-electron chi connectivity index (χ4n) is 1.66. The van der Waals surface area contributed by atoms with E-state index in [4.69, 9.17) is 40.5 Å². The minimum absolute atomic E-state index is 0.102. The number of hydrogen-bond donors (Lipinski definition) is 1. The Bertz CT molecular complexity index is 570. The van der Waals surface area contributed by atoms with E-state index in [-0.39, 0.29) is 11.1 Å². The third kappa shape index (κ3) is 2.98. The molecule has 1 aromatic heterocycles. The van der Waals surface area contributed by atoms with Crippen LogP contribution in [0.3, 0.4) is 0 Å². The van der Waals surface area contributed by atoms with Gasteiger partial charge in [-0.2, -0.15) is 0 Å². The predicted octanol–water partition coefficient (Wildman–Crippen LogP) is 5.09. The summed E-state index contributed by atoms with van der Waals surface area (Å²) in [5, 5.41) is 0.102. The van der Waals surface area contributed by atoms with Crippen molar-refractivity contribution >= 4 is 46.1 Å². The molecule has 6 heteroatoms. The molecule has 1 atom stereocenters. The van der Waals surface area contributed by atoms with Gasteiger partial charge in [0, 0.05) is 11.6 Å². The lowest BCUT2D eigenvalue weighted by atomic mass is 10.0. The van der Waals surface area contributed by atoms with Gasteiger partial charge in [-0.3, -0.25) is 0 Å². The van der Waals surface area contributed by atoms with Gasteiger partial charge < -0.3 is 5.73 Å². The molecule has 0 fully saturated rings. The van der Waals surface area contributed by atoms with E-state index in [1.807, 2.05) is 0 Å². The van der Waals surface area contributed by atoms with E-state index < -0.39 is 5.82 Å². The first-order chi connectivity index (χ1) is 8.49. The molecular formula is C12H9Cl3FNS. The van der Waals surface area contributed by atoms with Crippen LogP contribution < -0.4 is 5.73 Å². The van der Waals surface area contributed by atoms with Crippen LogP contribution in [-0.4, -0.2) is 0 Å². The summed E-state index contributed by atoms with van der Waals surface area (Å²) < 4.78 is 14.4. The molecule has 2 aromatic rings. The minimum atomic E-state index is -0.448. The van der Waals surface area contributed by atoms with Crippen molar-refractivity contribution in [1.82, 2.24) is 0 Å². The van der Waals surface area contributed by atoms with Crippen LogP contribution in [0.15, 0.2) is 24.3 Å². The first-order valence-corrected chi connectivity index (χ1v) is 7.07. The molecule has 0 aliphatic carbocycles. The number of hydrogen-bond acceptors (Lipinski definition) is 2. The van der Waals surface area contributed by atoms with Crippen LogP contribution >= 0.6 is 46.1 Å². The third-order valence-electron chi connectivity index (χ3n) is 2.55. The van der Waals surface area contributed by atoms with E-state index in [1.54, 1.807) is 18.2 Å². The molecular weight excluding hydrogens is 316 g/mol. The zero-order valence-electron chi connectivity index (χ0n) is 9.09. The van der Waals surface area contributed by atoms with Gasteiger partial charge in [0.25, 0.3) is 0 Å². The molecule has 0 saturated carbocycles. The Balaban J connectivity index is 2.24. The Morgan fingerprint density at radius 1 is 1.28 bits per heavy atom. The Kier molecular flexibility index (Phi) is 4.51. The molecule has 0 amide bonds. The van der Waals surface area contributed by atoms with Crippen molar-refractivity contribution in [2.75, 3.05) is 0 Å². The van der Waals surface area contributed by atoms with E-state index in [0.29, 0.717) is 20.7 Å². The molecule has 0 spiro atoms. The third-order valence-corrected chi connectivity index (χ3v) is 4.50. The molecule has 0 aliphatic heterocycles. The quantitative estimate of drug-likeness (QED) is 0.836. The monoisotopic (exact) mass is 323 g/mol. The Labute approximate surface area is 123 Å². The first kappa shape index (κ1) is 14.1. The van der Waals surface area contributed by atoms with Gasteiger partial charge in [0.2, 0.25) is 0 Å². The molecule has 0 aliphatic rings. The standard InChI is InChI=1S/C12H9Cl3FNS/c13-10-5-7(12(15)18-10)9(17)4-6-2-1-3-8(16)11(6)14/h1-3,5,9H,4,17H2. The number of nitrogens with two attached hydrogens (primary N) is 1. The first-order valence-electron chi connectivity index (χ1n) is 5.12. The lowest BCUT2D eigenvalue weighted by Gasteiger charge is -2.12. The van der Waals surface area contributed by atoms with E-state index in [2.05, 4.69) is 0 Å². The molecule has 1 nitrogen and oxygen atoms in total. The summed E-state index contributed by atoms with van der Waals surface area (Å²) in [5.74, 6) is -0.448. The summed E-state index contributed by atoms with van der Waals surface area (Å²) in [6, 6.07) is 6.03. The van der Waals surface area contributed by atoms with E-state index in [0.717, 1.165) is 5.56 Å². The second-order valence-corrected chi connectivity index (χ2v) is 6.47. The summed E-state index contributed by atoms with van der Waals surface area (Å²) in [7, 11) is 0. The smallest absolute Gasteiger partial charge is 0.142 e. The fraction of sp³-hybridized carbons (Fsp3) is 0.167. The zero-order valence-corrected chi connectivity index (χ0v) is 12.2. The molecule has 1 heterocycles. The number of rotatable bonds is 3. The van der Waals surface area contributed by atoms with E-state index in [1.165, 1.54) is 17.4 Å². The van der Waals surface area contributed by atoms with Gasteiger partial charge >= 0.3 is 0 Å². The normalized spacial score (nSPS) is 12.7. The summed E-state index contributed by atoms with van der Waals surface area (Å²) in [6.07, 6.45) is 0.406. The van der Waals surface area contributed by atoms with Crippen molar-refractivity contribution in [3.63, 3.8) is 0 Å². The molecule has 0 bridgehead atoms. The largest absolute Gasteiger partial charge is 0.324 e. The highest BCUT2D eigenvalue weighted by atomic mass is 35.5. The molecule has 0 radical (unpaired) electrons. The number of benzene rings is 1. The molecule has 2 rings (SSSR count). The van der Waals surface area contributed by atoms with Crippen molar-refractivity contribution in [3.05, 3.63) is 54.9 Å². The highest BCUT2D eigenvalue weighted by molar-refractivity contribution is 7.20. The Morgan fingerprint density at radius 3 is 2.61 bits per heavy atom. The van der Waals surface area contributed by atoms with Crippen LogP contribution in [0, 0.1) is 5.82 Å². The van der Waals surface area contributed by atoms with Crippen molar-refractivity contribution < 1.29 is 4.39 Å². The van der Waals surface area contributed by atoms with Gasteiger partial charge in [0.1, 0.15) is 5.82 Å². The molecule has 96 valence electrons. The van der Waals surface area contributed by atoms with Crippen LogP contribution in [0.4, 0.5) is 4.39 Å². The van der Waals surface area contributed by atoms with Gasteiger partial charge in [0.05, 0.1) is 13.7 Å². The second kappa shape index (κ2) is 5.76. The summed E-state index contributed by atoms with van der Waals surface area (Å²) >= 11 is 19.0. The summed E-state index contributed by atoms with van der Waals surface area (Å²) in [6.45, 7) is 0. The van der Waals surface area contributed by atoms with Gasteiger partial charge in [0.15, 0.2) is 0 Å². The van der Waals surface area contributed by atoms with Gasteiger partial charge in [-0.25, -0.2) is 4.39 Å². The highest BCUT2D eigenvalue weighted by Gasteiger charge is 2.16. The average Bonchev–Trinajstić information content (AvgIpc) is 2.64. The maximum absolute atomic E-state index is 13.3.